The molecule has 0 spiro atoms. The second-order valence-electron chi connectivity index (χ2n) is 8.98. The van der Waals surface area contributed by atoms with Crippen LogP contribution >= 0.6 is 0 Å². The molecule has 1 amide bonds. The van der Waals surface area contributed by atoms with Gasteiger partial charge in [-0.05, 0) is 73.0 Å². The van der Waals surface area contributed by atoms with Crippen molar-refractivity contribution in [2.75, 3.05) is 0 Å². The van der Waals surface area contributed by atoms with Crippen molar-refractivity contribution < 1.29 is 23.8 Å². The van der Waals surface area contributed by atoms with E-state index in [1.807, 2.05) is 37.3 Å². The molecule has 3 heterocycles. The highest BCUT2D eigenvalue weighted by Crippen LogP contribution is 2.41. The minimum absolute atomic E-state index is 0.0168. The summed E-state index contributed by atoms with van der Waals surface area (Å²) in [6.45, 7) is 4.37. The predicted molar refractivity (Wildman–Crippen MR) is 137 cm³/mol. The molecule has 0 radical (unpaired) electrons. The third-order valence-corrected chi connectivity index (χ3v) is 6.43. The summed E-state index contributed by atoms with van der Waals surface area (Å²) in [5.41, 5.74) is 3.36. The van der Waals surface area contributed by atoms with Crippen molar-refractivity contribution in [3.63, 3.8) is 0 Å². The number of benzene rings is 2. The van der Waals surface area contributed by atoms with Crippen LogP contribution in [0.15, 0.2) is 95.2 Å². The summed E-state index contributed by atoms with van der Waals surface area (Å²) in [6, 6.07) is 21.0. The summed E-state index contributed by atoms with van der Waals surface area (Å²) in [7, 11) is 0. The SMILES string of the molecule is Cc1ccc([C@H]2/C(=C(\O)c3ccc(OCc4ccccc4C)cc3)C(=O)C(=O)N2Cc2cccnc2)o1. The number of rotatable bonds is 7. The number of nitrogens with zero attached hydrogens (tertiary/aromatic N) is 2. The Morgan fingerprint density at radius 3 is 2.46 bits per heavy atom. The lowest BCUT2D eigenvalue weighted by Gasteiger charge is -2.23. The summed E-state index contributed by atoms with van der Waals surface area (Å²) < 4.78 is 11.7. The summed E-state index contributed by atoms with van der Waals surface area (Å²) >= 11 is 0. The number of aromatic nitrogens is 1. The molecule has 1 atom stereocenters. The number of aliphatic hydroxyl groups excluding tert-OH is 1. The maximum absolute atomic E-state index is 13.2. The average molecular weight is 495 g/mol. The smallest absolute Gasteiger partial charge is 0.296 e. The molecular weight excluding hydrogens is 468 g/mol. The third kappa shape index (κ3) is 4.89. The van der Waals surface area contributed by atoms with E-state index >= 15 is 0 Å². The van der Waals surface area contributed by atoms with Crippen LogP contribution in [0.25, 0.3) is 5.76 Å². The lowest BCUT2D eigenvalue weighted by molar-refractivity contribution is -0.140. The van der Waals surface area contributed by atoms with Gasteiger partial charge in [-0.2, -0.15) is 0 Å². The number of ether oxygens (including phenoxy) is 1. The van der Waals surface area contributed by atoms with Crippen LogP contribution in [0.5, 0.6) is 5.75 Å². The molecule has 2 aromatic heterocycles. The molecule has 1 fully saturated rings. The van der Waals surface area contributed by atoms with E-state index in [2.05, 4.69) is 4.98 Å². The van der Waals surface area contributed by atoms with Crippen LogP contribution in [0, 0.1) is 13.8 Å². The highest BCUT2D eigenvalue weighted by atomic mass is 16.5. The van der Waals surface area contributed by atoms with Crippen LogP contribution in [-0.4, -0.2) is 26.7 Å². The van der Waals surface area contributed by atoms with E-state index in [4.69, 9.17) is 9.15 Å². The van der Waals surface area contributed by atoms with Crippen molar-refractivity contribution in [3.05, 3.63) is 125 Å². The first-order valence-electron chi connectivity index (χ1n) is 11.9. The number of amides is 1. The second kappa shape index (κ2) is 10.1. The fourth-order valence-corrected chi connectivity index (χ4v) is 4.43. The topological polar surface area (TPSA) is 92.9 Å². The Kier molecular flexibility index (Phi) is 6.60. The van der Waals surface area contributed by atoms with Crippen LogP contribution in [-0.2, 0) is 22.7 Å². The molecule has 0 bridgehead atoms. The quantitative estimate of drug-likeness (QED) is 0.207. The first-order valence-corrected chi connectivity index (χ1v) is 11.9. The van der Waals surface area contributed by atoms with Gasteiger partial charge in [0.05, 0.1) is 5.57 Å². The van der Waals surface area contributed by atoms with E-state index in [1.165, 1.54) is 4.90 Å². The van der Waals surface area contributed by atoms with E-state index in [0.29, 0.717) is 29.4 Å². The molecule has 2 aromatic carbocycles. The van der Waals surface area contributed by atoms with Crippen molar-refractivity contribution in [3.8, 4) is 5.75 Å². The zero-order chi connectivity index (χ0) is 25.9. The van der Waals surface area contributed by atoms with Gasteiger partial charge in [-0.15, -0.1) is 0 Å². The standard InChI is InChI=1S/C30H26N2O5/c1-19-6-3-4-8-23(19)18-36-24-12-10-22(11-13-24)28(33)26-27(25-14-9-20(2)37-25)32(30(35)29(26)34)17-21-7-5-15-31-16-21/h3-16,27,33H,17-18H2,1-2H3/b28-26+/t27-/m0/s1. The van der Waals surface area contributed by atoms with Crippen molar-refractivity contribution in [2.45, 2.75) is 33.0 Å². The van der Waals surface area contributed by atoms with E-state index in [0.717, 1.165) is 16.7 Å². The highest BCUT2D eigenvalue weighted by Gasteiger charge is 2.47. The van der Waals surface area contributed by atoms with Gasteiger partial charge in [0, 0.05) is 24.5 Å². The largest absolute Gasteiger partial charge is 0.507 e. The zero-order valence-electron chi connectivity index (χ0n) is 20.5. The molecule has 4 aromatic rings. The Labute approximate surface area is 214 Å². The average Bonchev–Trinajstić information content (AvgIpc) is 3.45. The molecule has 0 saturated carbocycles. The van der Waals surface area contributed by atoms with E-state index in [9.17, 15) is 14.7 Å². The normalized spacial score (nSPS) is 16.8. The Morgan fingerprint density at radius 2 is 1.78 bits per heavy atom. The molecule has 7 nitrogen and oxygen atoms in total. The number of ketones is 1. The van der Waals surface area contributed by atoms with Gasteiger partial charge in [0.2, 0.25) is 0 Å². The van der Waals surface area contributed by atoms with Gasteiger partial charge in [-0.1, -0.05) is 30.3 Å². The third-order valence-electron chi connectivity index (χ3n) is 6.43. The number of aryl methyl sites for hydroxylation is 2. The summed E-state index contributed by atoms with van der Waals surface area (Å²) in [6.07, 6.45) is 3.28. The molecule has 186 valence electrons. The van der Waals surface area contributed by atoms with Gasteiger partial charge in [0.25, 0.3) is 11.7 Å². The highest BCUT2D eigenvalue weighted by molar-refractivity contribution is 6.46. The monoisotopic (exact) mass is 494 g/mol. The number of carbonyl (C=O) groups is 2. The van der Waals surface area contributed by atoms with Gasteiger partial charge < -0.3 is 19.2 Å². The molecule has 0 unspecified atom stereocenters. The van der Waals surface area contributed by atoms with Gasteiger partial charge >= 0.3 is 0 Å². The van der Waals surface area contributed by atoms with Crippen molar-refractivity contribution in [1.82, 2.24) is 9.88 Å². The maximum atomic E-state index is 13.2. The van der Waals surface area contributed by atoms with Crippen molar-refractivity contribution >= 4 is 17.4 Å². The van der Waals surface area contributed by atoms with Gasteiger partial charge in [-0.25, -0.2) is 0 Å². The number of aliphatic hydroxyl groups is 1. The predicted octanol–water partition coefficient (Wildman–Crippen LogP) is 5.49. The fraction of sp³-hybridized carbons (Fsp3) is 0.167. The van der Waals surface area contributed by atoms with Crippen molar-refractivity contribution in [1.29, 1.82) is 0 Å². The number of pyridine rings is 1. The van der Waals surface area contributed by atoms with E-state index in [1.54, 1.807) is 61.8 Å². The Balaban J connectivity index is 1.46. The van der Waals surface area contributed by atoms with Gasteiger partial charge in [0.15, 0.2) is 0 Å². The number of hydrogen-bond donors (Lipinski definition) is 1. The Hall–Kier alpha value is -4.65. The Bertz CT molecular complexity index is 1470. The first kappa shape index (κ1) is 24.1. The minimum Gasteiger partial charge on any atom is -0.507 e. The number of furan rings is 1. The summed E-state index contributed by atoms with van der Waals surface area (Å²) in [4.78, 5) is 31.8. The van der Waals surface area contributed by atoms with Crippen molar-refractivity contribution in [2.24, 2.45) is 0 Å². The van der Waals surface area contributed by atoms with E-state index in [-0.39, 0.29) is 17.9 Å². The van der Waals surface area contributed by atoms with Crippen LogP contribution in [0.4, 0.5) is 0 Å². The van der Waals surface area contributed by atoms with Gasteiger partial charge in [-0.3, -0.25) is 14.6 Å². The summed E-state index contributed by atoms with van der Waals surface area (Å²) in [5, 5.41) is 11.3. The molecule has 7 heteroatoms. The zero-order valence-corrected chi connectivity index (χ0v) is 20.5. The Morgan fingerprint density at radius 1 is 1.00 bits per heavy atom. The molecule has 5 rings (SSSR count). The summed E-state index contributed by atoms with van der Waals surface area (Å²) in [5.74, 6) is -0.0769. The van der Waals surface area contributed by atoms with Crippen LogP contribution in [0.1, 0.15) is 39.8 Å². The lowest BCUT2D eigenvalue weighted by atomic mass is 9.99. The van der Waals surface area contributed by atoms with Crippen LogP contribution < -0.4 is 4.74 Å². The van der Waals surface area contributed by atoms with Crippen LogP contribution in [0.3, 0.4) is 0 Å². The molecule has 0 aliphatic carbocycles. The minimum atomic E-state index is -0.870. The number of Topliss-reactive ketones (excluding diaryl/α,β-unsaturated/α-hetero) is 1. The molecule has 1 aliphatic heterocycles. The number of hydrogen-bond acceptors (Lipinski definition) is 6. The molecule has 1 aliphatic rings. The van der Waals surface area contributed by atoms with Crippen LogP contribution in [0.2, 0.25) is 0 Å². The van der Waals surface area contributed by atoms with Gasteiger partial charge in [0.1, 0.15) is 35.7 Å². The fourth-order valence-electron chi connectivity index (χ4n) is 4.43. The molecule has 37 heavy (non-hydrogen) atoms. The second-order valence-corrected chi connectivity index (χ2v) is 8.98. The molecule has 1 saturated heterocycles. The number of carbonyl (C=O) groups excluding carboxylic acids is 2. The maximum Gasteiger partial charge on any atom is 0.296 e. The molecule has 1 N–H and O–H groups in total. The lowest BCUT2D eigenvalue weighted by Crippen LogP contribution is -2.29. The first-order chi connectivity index (χ1) is 17.9. The number of likely N-dealkylation sites (tertiary alicyclic amines) is 1. The molecular formula is C30H26N2O5. The van der Waals surface area contributed by atoms with E-state index < -0.39 is 17.7 Å².